The highest BCUT2D eigenvalue weighted by molar-refractivity contribution is 7.99. The van der Waals surface area contributed by atoms with Gasteiger partial charge < -0.3 is 9.47 Å². The van der Waals surface area contributed by atoms with Gasteiger partial charge in [0.05, 0.1) is 0 Å². The summed E-state index contributed by atoms with van der Waals surface area (Å²) in [6, 6.07) is 6.48. The molecule has 84 valence electrons. The molecule has 0 aliphatic heterocycles. The fourth-order valence-electron chi connectivity index (χ4n) is 1.20. The van der Waals surface area contributed by atoms with Crippen LogP contribution in [0.1, 0.15) is 11.1 Å². The van der Waals surface area contributed by atoms with E-state index in [4.69, 9.17) is 9.47 Å². The van der Waals surface area contributed by atoms with Crippen molar-refractivity contribution in [2.75, 3.05) is 20.0 Å². The first kappa shape index (κ1) is 12.6. The molecular formula is C12H18O2S. The van der Waals surface area contributed by atoms with E-state index in [9.17, 15) is 0 Å². The van der Waals surface area contributed by atoms with Crippen molar-refractivity contribution in [3.8, 4) is 0 Å². The van der Waals surface area contributed by atoms with E-state index in [1.54, 1.807) is 26.0 Å². The van der Waals surface area contributed by atoms with E-state index in [1.165, 1.54) is 16.0 Å². The fourth-order valence-corrected chi connectivity index (χ4v) is 2.23. The molecule has 3 heteroatoms. The molecule has 0 fully saturated rings. The van der Waals surface area contributed by atoms with Gasteiger partial charge in [-0.05, 0) is 37.1 Å². The normalized spacial score (nSPS) is 11.0. The maximum atomic E-state index is 5.13. The van der Waals surface area contributed by atoms with Gasteiger partial charge in [-0.2, -0.15) is 0 Å². The van der Waals surface area contributed by atoms with E-state index in [1.807, 2.05) is 0 Å². The Morgan fingerprint density at radius 2 is 1.80 bits per heavy atom. The minimum atomic E-state index is -0.128. The lowest BCUT2D eigenvalue weighted by Crippen LogP contribution is -2.15. The van der Waals surface area contributed by atoms with Crippen LogP contribution in [0.4, 0.5) is 0 Å². The van der Waals surface area contributed by atoms with Crippen molar-refractivity contribution in [1.82, 2.24) is 0 Å². The van der Waals surface area contributed by atoms with Crippen LogP contribution < -0.4 is 0 Å². The monoisotopic (exact) mass is 226 g/mol. The number of hydrogen-bond donors (Lipinski definition) is 0. The van der Waals surface area contributed by atoms with Crippen molar-refractivity contribution < 1.29 is 9.47 Å². The summed E-state index contributed by atoms with van der Waals surface area (Å²) in [6.45, 7) is 4.25. The van der Waals surface area contributed by atoms with E-state index in [2.05, 4.69) is 32.0 Å². The van der Waals surface area contributed by atoms with Gasteiger partial charge in [0.25, 0.3) is 0 Å². The molecule has 0 spiro atoms. The molecule has 0 saturated carbocycles. The molecule has 0 heterocycles. The second-order valence-corrected chi connectivity index (χ2v) is 4.55. The number of methoxy groups -OCH3 is 2. The first-order valence-corrected chi connectivity index (χ1v) is 5.91. The minimum absolute atomic E-state index is 0.128. The molecule has 0 saturated heterocycles. The summed E-state index contributed by atoms with van der Waals surface area (Å²) in [5.74, 6) is 0.815. The van der Waals surface area contributed by atoms with Crippen molar-refractivity contribution in [2.45, 2.75) is 25.0 Å². The van der Waals surface area contributed by atoms with Crippen molar-refractivity contribution in [3.63, 3.8) is 0 Å². The van der Waals surface area contributed by atoms with Crippen LogP contribution in [0.25, 0.3) is 0 Å². The minimum Gasteiger partial charge on any atom is -0.355 e. The van der Waals surface area contributed by atoms with E-state index in [0.29, 0.717) is 0 Å². The zero-order valence-corrected chi connectivity index (χ0v) is 10.6. The van der Waals surface area contributed by atoms with Gasteiger partial charge in [0.2, 0.25) is 0 Å². The van der Waals surface area contributed by atoms with Crippen LogP contribution in [0, 0.1) is 13.8 Å². The Kier molecular flexibility index (Phi) is 5.15. The lowest BCUT2D eigenvalue weighted by atomic mass is 10.1. The molecular weight excluding hydrogens is 208 g/mol. The Balaban J connectivity index is 2.54. The molecule has 1 aromatic rings. The molecule has 1 rings (SSSR count). The van der Waals surface area contributed by atoms with E-state index in [0.717, 1.165) is 5.75 Å². The third kappa shape index (κ3) is 3.86. The van der Waals surface area contributed by atoms with Crippen LogP contribution in [0.5, 0.6) is 0 Å². The Bertz CT molecular complexity index is 308. The maximum absolute atomic E-state index is 5.13. The van der Waals surface area contributed by atoms with Gasteiger partial charge in [0.1, 0.15) is 0 Å². The van der Waals surface area contributed by atoms with Crippen LogP contribution in [0.3, 0.4) is 0 Å². The summed E-state index contributed by atoms with van der Waals surface area (Å²) in [7, 11) is 3.32. The molecule has 0 N–H and O–H groups in total. The smallest absolute Gasteiger partial charge is 0.166 e. The Labute approximate surface area is 96.0 Å². The van der Waals surface area contributed by atoms with Crippen LogP contribution in [-0.2, 0) is 9.47 Å². The fraction of sp³-hybridized carbons (Fsp3) is 0.500. The van der Waals surface area contributed by atoms with E-state index in [-0.39, 0.29) is 6.29 Å². The predicted octanol–water partition coefficient (Wildman–Crippen LogP) is 3.01. The van der Waals surface area contributed by atoms with E-state index >= 15 is 0 Å². The Hall–Kier alpha value is -0.510. The first-order chi connectivity index (χ1) is 7.17. The summed E-state index contributed by atoms with van der Waals surface area (Å²) < 4.78 is 10.3. The summed E-state index contributed by atoms with van der Waals surface area (Å²) in [5.41, 5.74) is 2.65. The topological polar surface area (TPSA) is 18.5 Å². The zero-order valence-electron chi connectivity index (χ0n) is 9.74. The predicted molar refractivity (Wildman–Crippen MR) is 64.4 cm³/mol. The highest BCUT2D eigenvalue weighted by atomic mass is 32.2. The molecule has 0 aliphatic rings. The third-order valence-electron chi connectivity index (χ3n) is 2.39. The van der Waals surface area contributed by atoms with Gasteiger partial charge in [-0.15, -0.1) is 11.8 Å². The van der Waals surface area contributed by atoms with Gasteiger partial charge in [-0.3, -0.25) is 0 Å². The Morgan fingerprint density at radius 3 is 2.33 bits per heavy atom. The lowest BCUT2D eigenvalue weighted by molar-refractivity contribution is -0.0842. The van der Waals surface area contributed by atoms with Gasteiger partial charge in [-0.25, -0.2) is 0 Å². The van der Waals surface area contributed by atoms with Crippen LogP contribution in [-0.4, -0.2) is 26.3 Å². The highest BCUT2D eigenvalue weighted by Gasteiger charge is 2.06. The van der Waals surface area contributed by atoms with Crippen molar-refractivity contribution in [1.29, 1.82) is 0 Å². The number of aryl methyl sites for hydroxylation is 2. The van der Waals surface area contributed by atoms with Gasteiger partial charge >= 0.3 is 0 Å². The maximum Gasteiger partial charge on any atom is 0.166 e. The number of thioether (sulfide) groups is 1. The lowest BCUT2D eigenvalue weighted by Gasteiger charge is -2.13. The molecule has 0 bridgehead atoms. The summed E-state index contributed by atoms with van der Waals surface area (Å²) in [4.78, 5) is 1.26. The van der Waals surface area contributed by atoms with E-state index < -0.39 is 0 Å². The summed E-state index contributed by atoms with van der Waals surface area (Å²) >= 11 is 1.75. The van der Waals surface area contributed by atoms with Gasteiger partial charge in [0, 0.05) is 24.9 Å². The number of hydrogen-bond acceptors (Lipinski definition) is 3. The Morgan fingerprint density at radius 1 is 1.13 bits per heavy atom. The highest BCUT2D eigenvalue weighted by Crippen LogP contribution is 2.22. The largest absolute Gasteiger partial charge is 0.355 e. The molecule has 0 atom stereocenters. The van der Waals surface area contributed by atoms with Gasteiger partial charge in [0.15, 0.2) is 6.29 Å². The molecule has 0 aromatic heterocycles. The third-order valence-corrected chi connectivity index (χ3v) is 3.42. The second kappa shape index (κ2) is 6.16. The second-order valence-electron chi connectivity index (χ2n) is 3.46. The SMILES string of the molecule is COC(CSc1ccc(C)c(C)c1)OC. The number of ether oxygens (including phenoxy) is 2. The number of benzene rings is 1. The van der Waals surface area contributed by atoms with Gasteiger partial charge in [-0.1, -0.05) is 6.07 Å². The average molecular weight is 226 g/mol. The molecule has 15 heavy (non-hydrogen) atoms. The standard InChI is InChI=1S/C12H18O2S/c1-9-5-6-11(7-10(9)2)15-8-12(13-3)14-4/h5-7,12H,8H2,1-4H3. The van der Waals surface area contributed by atoms with Crippen molar-refractivity contribution >= 4 is 11.8 Å². The molecule has 2 nitrogen and oxygen atoms in total. The molecule has 0 aliphatic carbocycles. The van der Waals surface area contributed by atoms with Crippen molar-refractivity contribution in [3.05, 3.63) is 29.3 Å². The zero-order chi connectivity index (χ0) is 11.3. The first-order valence-electron chi connectivity index (χ1n) is 4.93. The molecule has 0 amide bonds. The molecule has 0 radical (unpaired) electrons. The molecule has 1 aromatic carbocycles. The summed E-state index contributed by atoms with van der Waals surface area (Å²) in [6.07, 6.45) is -0.128. The van der Waals surface area contributed by atoms with Crippen LogP contribution in [0.15, 0.2) is 23.1 Å². The average Bonchev–Trinajstić information content (AvgIpc) is 2.24. The van der Waals surface area contributed by atoms with Crippen molar-refractivity contribution in [2.24, 2.45) is 0 Å². The summed E-state index contributed by atoms with van der Waals surface area (Å²) in [5, 5.41) is 0. The van der Waals surface area contributed by atoms with Crippen LogP contribution >= 0.6 is 11.8 Å². The number of rotatable bonds is 5. The molecule has 0 unspecified atom stereocenters. The van der Waals surface area contributed by atoms with Crippen LogP contribution in [0.2, 0.25) is 0 Å². The quantitative estimate of drug-likeness (QED) is 0.568.